The van der Waals surface area contributed by atoms with Gasteiger partial charge in [-0.2, -0.15) is 9.57 Å². The fourth-order valence-electron chi connectivity index (χ4n) is 2.29. The highest BCUT2D eigenvalue weighted by molar-refractivity contribution is 7.88. The molecule has 20 heavy (non-hydrogen) atoms. The predicted molar refractivity (Wildman–Crippen MR) is 71.1 cm³/mol. The molecule has 1 unspecified atom stereocenters. The van der Waals surface area contributed by atoms with Crippen molar-refractivity contribution in [3.63, 3.8) is 0 Å². The molecule has 1 atom stereocenters. The van der Waals surface area contributed by atoms with Gasteiger partial charge in [-0.3, -0.25) is 4.79 Å². The van der Waals surface area contributed by atoms with Crippen molar-refractivity contribution in [1.82, 2.24) is 4.31 Å². The van der Waals surface area contributed by atoms with Crippen molar-refractivity contribution >= 4 is 16.0 Å². The average Bonchev–Trinajstić information content (AvgIpc) is 2.89. The van der Waals surface area contributed by atoms with Crippen molar-refractivity contribution in [1.29, 1.82) is 5.26 Å². The van der Waals surface area contributed by atoms with E-state index >= 15 is 0 Å². The highest BCUT2D eigenvalue weighted by atomic mass is 32.2. The van der Waals surface area contributed by atoms with Gasteiger partial charge in [0.05, 0.1) is 17.4 Å². The zero-order valence-corrected chi connectivity index (χ0v) is 11.5. The van der Waals surface area contributed by atoms with Crippen molar-refractivity contribution in [2.75, 3.05) is 6.54 Å². The number of sulfonamides is 1. The average molecular weight is 294 g/mol. The molecular weight excluding hydrogens is 280 g/mol. The summed E-state index contributed by atoms with van der Waals surface area (Å²) in [5.74, 6) is -1.35. The van der Waals surface area contributed by atoms with Gasteiger partial charge in [-0.05, 0) is 30.5 Å². The van der Waals surface area contributed by atoms with E-state index in [4.69, 9.17) is 10.4 Å². The summed E-state index contributed by atoms with van der Waals surface area (Å²) in [5, 5.41) is 17.7. The lowest BCUT2D eigenvalue weighted by molar-refractivity contribution is -0.140. The van der Waals surface area contributed by atoms with Crippen LogP contribution in [-0.2, 0) is 20.6 Å². The van der Waals surface area contributed by atoms with Crippen LogP contribution in [0.2, 0.25) is 0 Å². The molecule has 1 aliphatic heterocycles. The van der Waals surface area contributed by atoms with Gasteiger partial charge in [0.1, 0.15) is 6.04 Å². The monoisotopic (exact) mass is 294 g/mol. The maximum Gasteiger partial charge on any atom is 0.322 e. The number of hydrogen-bond donors (Lipinski definition) is 1. The molecule has 0 amide bonds. The minimum absolute atomic E-state index is 0.246. The molecule has 106 valence electrons. The molecule has 6 nitrogen and oxygen atoms in total. The molecular formula is C13H14N2O4S. The Morgan fingerprint density at radius 1 is 1.40 bits per heavy atom. The van der Waals surface area contributed by atoms with Gasteiger partial charge in [0.15, 0.2) is 0 Å². The van der Waals surface area contributed by atoms with E-state index in [1.807, 2.05) is 6.07 Å². The van der Waals surface area contributed by atoms with Gasteiger partial charge < -0.3 is 5.11 Å². The minimum Gasteiger partial charge on any atom is -0.480 e. The summed E-state index contributed by atoms with van der Waals surface area (Å²) in [6.45, 7) is 0.246. The van der Waals surface area contributed by atoms with Gasteiger partial charge in [-0.1, -0.05) is 12.1 Å². The fourth-order valence-corrected chi connectivity index (χ4v) is 4.06. The van der Waals surface area contributed by atoms with E-state index in [1.165, 1.54) is 0 Å². The van der Waals surface area contributed by atoms with Gasteiger partial charge in [-0.15, -0.1) is 0 Å². The van der Waals surface area contributed by atoms with Crippen LogP contribution >= 0.6 is 0 Å². The Kier molecular flexibility index (Phi) is 4.06. The van der Waals surface area contributed by atoms with Crippen LogP contribution in [0.5, 0.6) is 0 Å². The molecule has 2 rings (SSSR count). The number of benzene rings is 1. The smallest absolute Gasteiger partial charge is 0.322 e. The number of nitriles is 1. The lowest BCUT2D eigenvalue weighted by Gasteiger charge is -2.20. The second kappa shape index (κ2) is 5.61. The Morgan fingerprint density at radius 2 is 2.05 bits per heavy atom. The van der Waals surface area contributed by atoms with E-state index in [2.05, 4.69) is 0 Å². The second-order valence-electron chi connectivity index (χ2n) is 4.67. The van der Waals surface area contributed by atoms with Crippen LogP contribution < -0.4 is 0 Å². The number of nitrogens with zero attached hydrogens (tertiary/aromatic N) is 2. The Morgan fingerprint density at radius 3 is 2.60 bits per heavy atom. The summed E-state index contributed by atoms with van der Waals surface area (Å²) in [6, 6.07) is 7.23. The third kappa shape index (κ3) is 2.98. The molecule has 7 heteroatoms. The van der Waals surface area contributed by atoms with Gasteiger partial charge in [-0.25, -0.2) is 8.42 Å². The molecule has 1 saturated heterocycles. The molecule has 1 aliphatic rings. The van der Waals surface area contributed by atoms with Crippen LogP contribution in [0.4, 0.5) is 0 Å². The molecule has 0 spiro atoms. The number of carboxylic acid groups (broad SMARTS) is 1. The maximum absolute atomic E-state index is 12.3. The van der Waals surface area contributed by atoms with Gasteiger partial charge >= 0.3 is 5.97 Å². The Bertz CT molecular complexity index is 646. The molecule has 0 aliphatic carbocycles. The van der Waals surface area contributed by atoms with Crippen LogP contribution in [0.15, 0.2) is 24.3 Å². The summed E-state index contributed by atoms with van der Waals surface area (Å²) in [5.41, 5.74) is 0.996. The van der Waals surface area contributed by atoms with E-state index in [-0.39, 0.29) is 12.3 Å². The summed E-state index contributed by atoms with van der Waals surface area (Å²) in [6.07, 6.45) is 0.908. The summed E-state index contributed by atoms with van der Waals surface area (Å²) >= 11 is 0. The van der Waals surface area contributed by atoms with Gasteiger partial charge in [0.25, 0.3) is 0 Å². The van der Waals surface area contributed by atoms with E-state index in [0.717, 1.165) is 4.31 Å². The molecule has 0 bridgehead atoms. The minimum atomic E-state index is -3.66. The van der Waals surface area contributed by atoms with Crippen LogP contribution in [0, 0.1) is 11.3 Å². The summed E-state index contributed by atoms with van der Waals surface area (Å²) in [4.78, 5) is 11.1. The Labute approximate surface area is 117 Å². The highest BCUT2D eigenvalue weighted by Crippen LogP contribution is 2.23. The van der Waals surface area contributed by atoms with Crippen molar-refractivity contribution in [3.8, 4) is 6.07 Å². The molecule has 0 saturated carbocycles. The zero-order chi connectivity index (χ0) is 14.8. The van der Waals surface area contributed by atoms with Crippen LogP contribution in [0.25, 0.3) is 0 Å². The van der Waals surface area contributed by atoms with Crippen molar-refractivity contribution < 1.29 is 18.3 Å². The van der Waals surface area contributed by atoms with Crippen molar-refractivity contribution in [2.24, 2.45) is 0 Å². The van der Waals surface area contributed by atoms with E-state index in [1.54, 1.807) is 24.3 Å². The SMILES string of the molecule is N#Cc1ccc(CS(=O)(=O)N2CCCC2C(=O)O)cc1. The largest absolute Gasteiger partial charge is 0.480 e. The Balaban J connectivity index is 2.18. The summed E-state index contributed by atoms with van der Waals surface area (Å²) in [7, 11) is -3.66. The zero-order valence-electron chi connectivity index (χ0n) is 10.7. The number of carboxylic acids is 1. The van der Waals surface area contributed by atoms with Crippen molar-refractivity contribution in [3.05, 3.63) is 35.4 Å². The summed E-state index contributed by atoms with van der Waals surface area (Å²) < 4.78 is 25.6. The van der Waals surface area contributed by atoms with E-state index < -0.39 is 22.0 Å². The highest BCUT2D eigenvalue weighted by Gasteiger charge is 2.38. The molecule has 1 fully saturated rings. The standard InChI is InChI=1S/C13H14N2O4S/c14-8-10-3-5-11(6-4-10)9-20(18,19)15-7-1-2-12(15)13(16)17/h3-6,12H,1-2,7,9H2,(H,16,17). The fraction of sp³-hybridized carbons (Fsp3) is 0.385. The first-order chi connectivity index (χ1) is 9.44. The molecule has 0 radical (unpaired) electrons. The van der Waals surface area contributed by atoms with Crippen LogP contribution in [-0.4, -0.2) is 36.4 Å². The molecule has 0 aromatic heterocycles. The van der Waals surface area contributed by atoms with E-state index in [0.29, 0.717) is 24.0 Å². The lowest BCUT2D eigenvalue weighted by atomic mass is 10.2. The number of aliphatic carboxylic acids is 1. The normalized spacial score (nSPS) is 19.6. The predicted octanol–water partition coefficient (Wildman–Crippen LogP) is 0.937. The van der Waals surface area contributed by atoms with Crippen LogP contribution in [0.3, 0.4) is 0 Å². The lowest BCUT2D eigenvalue weighted by Crippen LogP contribution is -2.40. The van der Waals surface area contributed by atoms with E-state index in [9.17, 15) is 13.2 Å². The molecule has 1 heterocycles. The number of carbonyl (C=O) groups is 1. The molecule has 1 aromatic carbocycles. The quantitative estimate of drug-likeness (QED) is 0.891. The second-order valence-corrected chi connectivity index (χ2v) is 6.59. The third-order valence-corrected chi connectivity index (χ3v) is 5.13. The first kappa shape index (κ1) is 14.5. The van der Waals surface area contributed by atoms with Crippen molar-refractivity contribution in [2.45, 2.75) is 24.6 Å². The molecule has 1 N–H and O–H groups in total. The van der Waals surface area contributed by atoms with Gasteiger partial charge in [0, 0.05) is 6.54 Å². The number of rotatable bonds is 4. The number of hydrogen-bond acceptors (Lipinski definition) is 4. The molecule has 1 aromatic rings. The first-order valence-electron chi connectivity index (χ1n) is 6.15. The first-order valence-corrected chi connectivity index (χ1v) is 7.76. The maximum atomic E-state index is 12.3. The van der Waals surface area contributed by atoms with Crippen LogP contribution in [0.1, 0.15) is 24.0 Å². The Hall–Kier alpha value is -1.91. The third-order valence-electron chi connectivity index (χ3n) is 3.28. The van der Waals surface area contributed by atoms with Gasteiger partial charge in [0.2, 0.25) is 10.0 Å². The topological polar surface area (TPSA) is 98.5 Å².